The minimum absolute atomic E-state index is 0.832. The second-order valence-corrected chi connectivity index (χ2v) is 5.02. The molecule has 0 saturated heterocycles. The van der Waals surface area contributed by atoms with Crippen molar-refractivity contribution >= 4 is 6.29 Å². The highest BCUT2D eigenvalue weighted by atomic mass is 16.1. The summed E-state index contributed by atoms with van der Waals surface area (Å²) in [7, 11) is 0. The molecule has 0 fully saturated rings. The van der Waals surface area contributed by atoms with Gasteiger partial charge in [-0.2, -0.15) is 0 Å². The second-order valence-electron chi connectivity index (χ2n) is 5.02. The molecule has 0 aromatic heterocycles. The maximum absolute atomic E-state index is 10.6. The van der Waals surface area contributed by atoms with Gasteiger partial charge in [-0.15, -0.1) is 0 Å². The van der Waals surface area contributed by atoms with E-state index in [-0.39, 0.29) is 0 Å². The summed E-state index contributed by atoms with van der Waals surface area (Å²) in [6.45, 7) is 2.24. The van der Waals surface area contributed by atoms with Gasteiger partial charge in [0.15, 0.2) is 0 Å². The lowest BCUT2D eigenvalue weighted by atomic mass is 9.75. The monoisotopic (exact) mass is 204 g/mol. The van der Waals surface area contributed by atoms with Crippen LogP contribution in [0.15, 0.2) is 23.3 Å². The van der Waals surface area contributed by atoms with E-state index >= 15 is 0 Å². The van der Waals surface area contributed by atoms with Crippen LogP contribution in [0.2, 0.25) is 0 Å². The summed E-state index contributed by atoms with van der Waals surface area (Å²) in [5.74, 6) is 1.70. The van der Waals surface area contributed by atoms with Crippen LogP contribution >= 0.6 is 0 Å². The van der Waals surface area contributed by atoms with E-state index < -0.39 is 0 Å². The van der Waals surface area contributed by atoms with Gasteiger partial charge in [0.05, 0.1) is 0 Å². The van der Waals surface area contributed by atoms with Crippen LogP contribution in [0, 0.1) is 11.8 Å². The molecule has 2 aliphatic carbocycles. The van der Waals surface area contributed by atoms with E-state index in [0.717, 1.165) is 36.5 Å². The van der Waals surface area contributed by atoms with Crippen molar-refractivity contribution in [3.05, 3.63) is 23.3 Å². The first kappa shape index (κ1) is 10.7. The number of hydrogen-bond acceptors (Lipinski definition) is 1. The van der Waals surface area contributed by atoms with E-state index in [1.165, 1.54) is 25.7 Å². The number of carbonyl (C=O) groups excluding carboxylic acids is 1. The SMILES string of the molecule is CC1=CCC(C2CC=C(C=O)CC2)CC1. The molecule has 0 bridgehead atoms. The molecule has 0 aliphatic heterocycles. The van der Waals surface area contributed by atoms with E-state index in [1.54, 1.807) is 5.57 Å². The molecule has 0 saturated carbocycles. The molecule has 82 valence electrons. The zero-order valence-corrected chi connectivity index (χ0v) is 9.54. The Labute approximate surface area is 92.3 Å². The van der Waals surface area contributed by atoms with Crippen molar-refractivity contribution in [2.75, 3.05) is 0 Å². The number of carbonyl (C=O) groups is 1. The van der Waals surface area contributed by atoms with Gasteiger partial charge in [-0.25, -0.2) is 0 Å². The predicted octanol–water partition coefficient (Wildman–Crippen LogP) is 3.66. The molecule has 0 aromatic carbocycles. The molecule has 0 spiro atoms. The third kappa shape index (κ3) is 2.58. The number of allylic oxidation sites excluding steroid dienone is 4. The van der Waals surface area contributed by atoms with Gasteiger partial charge in [0, 0.05) is 0 Å². The summed E-state index contributed by atoms with van der Waals surface area (Å²) in [6, 6.07) is 0. The van der Waals surface area contributed by atoms with Crippen molar-refractivity contribution in [3.63, 3.8) is 0 Å². The van der Waals surface area contributed by atoms with Crippen LogP contribution in [-0.2, 0) is 4.79 Å². The maximum Gasteiger partial charge on any atom is 0.145 e. The molecule has 2 atom stereocenters. The Morgan fingerprint density at radius 2 is 1.80 bits per heavy atom. The average Bonchev–Trinajstić information content (AvgIpc) is 2.30. The van der Waals surface area contributed by atoms with Gasteiger partial charge in [0.25, 0.3) is 0 Å². The lowest BCUT2D eigenvalue weighted by Gasteiger charge is -2.30. The minimum atomic E-state index is 0.832. The Kier molecular flexibility index (Phi) is 3.40. The molecule has 0 amide bonds. The second kappa shape index (κ2) is 4.78. The summed E-state index contributed by atoms with van der Waals surface area (Å²) in [5, 5.41) is 0. The van der Waals surface area contributed by atoms with Crippen LogP contribution in [0.4, 0.5) is 0 Å². The summed E-state index contributed by atoms with van der Waals surface area (Å²) >= 11 is 0. The standard InChI is InChI=1S/C14H20O/c1-11-2-6-13(7-3-11)14-8-4-12(10-15)5-9-14/h2,4,10,13-14H,3,5-9H2,1H3. The Balaban J connectivity index is 1.91. The highest BCUT2D eigenvalue weighted by molar-refractivity contribution is 5.73. The maximum atomic E-state index is 10.6. The first-order valence-electron chi connectivity index (χ1n) is 6.09. The molecule has 1 nitrogen and oxygen atoms in total. The van der Waals surface area contributed by atoms with E-state index in [9.17, 15) is 4.79 Å². The molecular formula is C14H20O. The van der Waals surface area contributed by atoms with Crippen molar-refractivity contribution in [2.24, 2.45) is 11.8 Å². The molecule has 2 rings (SSSR count). The average molecular weight is 204 g/mol. The summed E-state index contributed by atoms with van der Waals surface area (Å²) in [5.41, 5.74) is 2.58. The largest absolute Gasteiger partial charge is 0.298 e. The van der Waals surface area contributed by atoms with Gasteiger partial charge in [0.1, 0.15) is 6.29 Å². The van der Waals surface area contributed by atoms with Gasteiger partial charge >= 0.3 is 0 Å². The van der Waals surface area contributed by atoms with Crippen LogP contribution in [0.25, 0.3) is 0 Å². The van der Waals surface area contributed by atoms with Crippen LogP contribution in [0.5, 0.6) is 0 Å². The first-order valence-corrected chi connectivity index (χ1v) is 6.09. The van der Waals surface area contributed by atoms with Crippen LogP contribution in [0.1, 0.15) is 45.4 Å². The number of hydrogen-bond donors (Lipinski definition) is 0. The van der Waals surface area contributed by atoms with Crippen molar-refractivity contribution in [1.82, 2.24) is 0 Å². The fourth-order valence-corrected chi connectivity index (χ4v) is 2.82. The molecule has 0 aromatic rings. The van der Waals surface area contributed by atoms with E-state index in [0.29, 0.717) is 0 Å². The molecular weight excluding hydrogens is 184 g/mol. The molecule has 15 heavy (non-hydrogen) atoms. The van der Waals surface area contributed by atoms with Gasteiger partial charge in [0.2, 0.25) is 0 Å². The third-order valence-corrected chi connectivity index (χ3v) is 3.98. The molecule has 0 N–H and O–H groups in total. The Bertz CT molecular complexity index is 298. The Hall–Kier alpha value is -0.850. The lowest BCUT2D eigenvalue weighted by Crippen LogP contribution is -2.19. The zero-order chi connectivity index (χ0) is 10.7. The topological polar surface area (TPSA) is 17.1 Å². The molecule has 2 unspecified atom stereocenters. The van der Waals surface area contributed by atoms with E-state index in [4.69, 9.17) is 0 Å². The van der Waals surface area contributed by atoms with Gasteiger partial charge in [-0.1, -0.05) is 17.7 Å². The Morgan fingerprint density at radius 3 is 2.27 bits per heavy atom. The highest BCUT2D eigenvalue weighted by Gasteiger charge is 2.24. The van der Waals surface area contributed by atoms with Crippen LogP contribution < -0.4 is 0 Å². The van der Waals surface area contributed by atoms with E-state index in [1.807, 2.05) is 0 Å². The zero-order valence-electron chi connectivity index (χ0n) is 9.54. The molecule has 0 heterocycles. The van der Waals surface area contributed by atoms with Crippen LogP contribution in [0.3, 0.4) is 0 Å². The number of aldehydes is 1. The molecule has 1 heteroatoms. The van der Waals surface area contributed by atoms with Crippen molar-refractivity contribution in [2.45, 2.75) is 45.4 Å². The Morgan fingerprint density at radius 1 is 1.13 bits per heavy atom. The summed E-state index contributed by atoms with van der Waals surface area (Å²) in [6.07, 6.45) is 12.9. The fourth-order valence-electron chi connectivity index (χ4n) is 2.82. The van der Waals surface area contributed by atoms with E-state index in [2.05, 4.69) is 19.1 Å². The fraction of sp³-hybridized carbons (Fsp3) is 0.643. The third-order valence-electron chi connectivity index (χ3n) is 3.98. The van der Waals surface area contributed by atoms with Gasteiger partial charge < -0.3 is 0 Å². The molecule has 2 aliphatic rings. The van der Waals surface area contributed by atoms with Crippen molar-refractivity contribution in [3.8, 4) is 0 Å². The highest BCUT2D eigenvalue weighted by Crippen LogP contribution is 2.36. The van der Waals surface area contributed by atoms with Gasteiger partial charge in [-0.3, -0.25) is 4.79 Å². The predicted molar refractivity (Wildman–Crippen MR) is 62.6 cm³/mol. The lowest BCUT2D eigenvalue weighted by molar-refractivity contribution is -0.105. The normalized spacial score (nSPS) is 31.8. The first-order chi connectivity index (χ1) is 7.29. The molecule has 0 radical (unpaired) electrons. The number of rotatable bonds is 2. The summed E-state index contributed by atoms with van der Waals surface area (Å²) in [4.78, 5) is 10.6. The summed E-state index contributed by atoms with van der Waals surface area (Å²) < 4.78 is 0. The quantitative estimate of drug-likeness (QED) is 0.495. The minimum Gasteiger partial charge on any atom is -0.298 e. The van der Waals surface area contributed by atoms with Crippen molar-refractivity contribution in [1.29, 1.82) is 0 Å². The van der Waals surface area contributed by atoms with Gasteiger partial charge in [-0.05, 0) is 62.9 Å². The smallest absolute Gasteiger partial charge is 0.145 e. The van der Waals surface area contributed by atoms with Crippen molar-refractivity contribution < 1.29 is 4.79 Å². The van der Waals surface area contributed by atoms with Crippen LogP contribution in [-0.4, -0.2) is 6.29 Å².